The van der Waals surface area contributed by atoms with Gasteiger partial charge in [0.1, 0.15) is 6.54 Å². The van der Waals surface area contributed by atoms with Crippen LogP contribution in [0.5, 0.6) is 0 Å². The molecule has 1 unspecified atom stereocenters. The maximum absolute atomic E-state index is 11.6. The predicted molar refractivity (Wildman–Crippen MR) is 103 cm³/mol. The molecule has 0 aromatic rings. The first-order valence-corrected chi connectivity index (χ1v) is 7.66. The molecule has 0 rings (SSSR count). The Balaban J connectivity index is 0. The number of methoxy groups -OCH3 is 1. The van der Waals surface area contributed by atoms with Gasteiger partial charge in [-0.3, -0.25) is 4.79 Å². The molecule has 0 aromatic carbocycles. The summed E-state index contributed by atoms with van der Waals surface area (Å²) in [5.74, 6) is 0.573. The van der Waals surface area contributed by atoms with E-state index in [-0.39, 0.29) is 47.9 Å². The first kappa shape index (κ1) is 23.7. The molecule has 0 heterocycles. The van der Waals surface area contributed by atoms with E-state index in [0.29, 0.717) is 19.0 Å². The number of rotatable bonds is 8. The second-order valence-electron chi connectivity index (χ2n) is 6.02. The maximum atomic E-state index is 11.6. The minimum atomic E-state index is -0.0619. The normalized spacial score (nSPS) is 13.1. The van der Waals surface area contributed by atoms with Crippen LogP contribution in [0.2, 0.25) is 0 Å². The highest BCUT2D eigenvalue weighted by Gasteiger charge is 2.24. The number of hydrogen-bond acceptors (Lipinski definition) is 3. The van der Waals surface area contributed by atoms with Crippen LogP contribution in [-0.2, 0) is 9.53 Å². The second-order valence-corrected chi connectivity index (χ2v) is 6.02. The van der Waals surface area contributed by atoms with Crippen LogP contribution in [0, 0.1) is 5.41 Å². The van der Waals surface area contributed by atoms with Crippen molar-refractivity contribution >= 4 is 35.8 Å². The Bertz CT molecular complexity index is 330. The Kier molecular flexibility index (Phi) is 13.9. The number of nitrogens with zero attached hydrogens (tertiary/aromatic N) is 1. The Labute approximate surface area is 152 Å². The third-order valence-electron chi connectivity index (χ3n) is 3.00. The van der Waals surface area contributed by atoms with E-state index in [1.807, 2.05) is 13.8 Å². The summed E-state index contributed by atoms with van der Waals surface area (Å²) in [6.45, 7) is 12.6. The molecule has 7 heteroatoms. The molecule has 1 atom stereocenters. The van der Waals surface area contributed by atoms with Crippen molar-refractivity contribution in [2.45, 2.75) is 47.1 Å². The summed E-state index contributed by atoms with van der Waals surface area (Å²) in [6.07, 6.45) is 0.991. The molecule has 0 aliphatic rings. The minimum absolute atomic E-state index is 0. The Morgan fingerprint density at radius 3 is 2.27 bits per heavy atom. The fourth-order valence-corrected chi connectivity index (χ4v) is 1.75. The summed E-state index contributed by atoms with van der Waals surface area (Å²) in [4.78, 5) is 15.8. The zero-order chi connectivity index (χ0) is 16.3. The fourth-order valence-electron chi connectivity index (χ4n) is 1.75. The lowest BCUT2D eigenvalue weighted by Crippen LogP contribution is -2.45. The number of nitrogens with one attached hydrogen (secondary N) is 3. The summed E-state index contributed by atoms with van der Waals surface area (Å²) in [7, 11) is 1.71. The van der Waals surface area contributed by atoms with Gasteiger partial charge in [-0.2, -0.15) is 0 Å². The summed E-state index contributed by atoms with van der Waals surface area (Å²) in [5.41, 5.74) is 0.0393. The first-order chi connectivity index (χ1) is 9.85. The van der Waals surface area contributed by atoms with E-state index in [0.717, 1.165) is 13.0 Å². The largest absolute Gasteiger partial charge is 0.379 e. The van der Waals surface area contributed by atoms with E-state index < -0.39 is 0 Å². The van der Waals surface area contributed by atoms with Crippen molar-refractivity contribution in [3.8, 4) is 0 Å². The van der Waals surface area contributed by atoms with E-state index in [9.17, 15) is 4.79 Å². The van der Waals surface area contributed by atoms with Crippen molar-refractivity contribution in [2.75, 3.05) is 33.3 Å². The molecule has 0 saturated carbocycles. The van der Waals surface area contributed by atoms with Crippen molar-refractivity contribution in [3.63, 3.8) is 0 Å². The third kappa shape index (κ3) is 11.1. The monoisotopic (exact) mass is 428 g/mol. The van der Waals surface area contributed by atoms with Crippen molar-refractivity contribution in [1.29, 1.82) is 0 Å². The van der Waals surface area contributed by atoms with Crippen LogP contribution in [0.4, 0.5) is 0 Å². The number of guanidine groups is 1. The van der Waals surface area contributed by atoms with E-state index in [1.54, 1.807) is 7.11 Å². The fraction of sp³-hybridized carbons (Fsp3) is 0.867. The molecule has 0 spiro atoms. The van der Waals surface area contributed by atoms with Crippen LogP contribution < -0.4 is 16.0 Å². The summed E-state index contributed by atoms with van der Waals surface area (Å²) in [5, 5.41) is 9.16. The van der Waals surface area contributed by atoms with Crippen molar-refractivity contribution in [1.82, 2.24) is 16.0 Å². The number of carbonyl (C=O) groups excluding carboxylic acids is 1. The van der Waals surface area contributed by atoms with Gasteiger partial charge in [0.2, 0.25) is 5.91 Å². The molecule has 0 bridgehead atoms. The lowest BCUT2D eigenvalue weighted by atomic mass is 9.89. The first-order valence-electron chi connectivity index (χ1n) is 7.66. The molecular weight excluding hydrogens is 395 g/mol. The molecule has 22 heavy (non-hydrogen) atoms. The van der Waals surface area contributed by atoms with Gasteiger partial charge in [-0.1, -0.05) is 27.7 Å². The third-order valence-corrected chi connectivity index (χ3v) is 3.00. The van der Waals surface area contributed by atoms with Gasteiger partial charge in [-0.05, 0) is 18.8 Å². The van der Waals surface area contributed by atoms with E-state index in [2.05, 4.69) is 41.7 Å². The number of ether oxygens (including phenoxy) is 1. The van der Waals surface area contributed by atoms with E-state index in [1.165, 1.54) is 0 Å². The number of hydrogen-bond donors (Lipinski definition) is 3. The average Bonchev–Trinajstić information content (AvgIpc) is 2.41. The quantitative estimate of drug-likeness (QED) is 0.313. The second kappa shape index (κ2) is 12.9. The van der Waals surface area contributed by atoms with Gasteiger partial charge in [0.15, 0.2) is 5.96 Å². The van der Waals surface area contributed by atoms with E-state index >= 15 is 0 Å². The average molecular weight is 428 g/mol. The number of aliphatic imine (C=N–C) groups is 1. The van der Waals surface area contributed by atoms with Gasteiger partial charge in [0.25, 0.3) is 0 Å². The van der Waals surface area contributed by atoms with Crippen molar-refractivity contribution < 1.29 is 9.53 Å². The Morgan fingerprint density at radius 1 is 1.18 bits per heavy atom. The van der Waals surface area contributed by atoms with Crippen LogP contribution in [-0.4, -0.2) is 51.3 Å². The van der Waals surface area contributed by atoms with Gasteiger partial charge < -0.3 is 20.7 Å². The number of halogens is 1. The standard InChI is InChI=1S/C15H32N4O2.HI/c1-7-9-17-13(20)11-19-14(16-8-2)18-10-12(21-6)15(3,4)5;/h12H,7-11H2,1-6H3,(H,17,20)(H2,16,18,19);1H. The van der Waals surface area contributed by atoms with Crippen LogP contribution >= 0.6 is 24.0 Å². The minimum Gasteiger partial charge on any atom is -0.379 e. The molecular formula is C15H33IN4O2. The molecule has 1 amide bonds. The van der Waals surface area contributed by atoms with Crippen molar-refractivity contribution in [2.24, 2.45) is 10.4 Å². The number of carbonyl (C=O) groups is 1. The molecule has 0 aliphatic heterocycles. The van der Waals surface area contributed by atoms with Gasteiger partial charge in [0, 0.05) is 26.7 Å². The molecule has 6 nitrogen and oxygen atoms in total. The SMILES string of the molecule is CCCNC(=O)CN=C(NCC)NCC(OC)C(C)(C)C.I. The predicted octanol–water partition coefficient (Wildman–Crippen LogP) is 1.75. The summed E-state index contributed by atoms with van der Waals surface area (Å²) >= 11 is 0. The topological polar surface area (TPSA) is 74.8 Å². The molecule has 0 fully saturated rings. The molecule has 0 aliphatic carbocycles. The van der Waals surface area contributed by atoms with Crippen molar-refractivity contribution in [3.05, 3.63) is 0 Å². The highest BCUT2D eigenvalue weighted by Crippen LogP contribution is 2.20. The zero-order valence-corrected chi connectivity index (χ0v) is 17.1. The van der Waals surface area contributed by atoms with Gasteiger partial charge in [0.05, 0.1) is 6.10 Å². The lowest BCUT2D eigenvalue weighted by Gasteiger charge is -2.30. The Morgan fingerprint density at radius 2 is 1.82 bits per heavy atom. The smallest absolute Gasteiger partial charge is 0.241 e. The van der Waals surface area contributed by atoms with Gasteiger partial charge in [-0.25, -0.2) is 4.99 Å². The zero-order valence-electron chi connectivity index (χ0n) is 14.8. The van der Waals surface area contributed by atoms with Gasteiger partial charge in [-0.15, -0.1) is 24.0 Å². The summed E-state index contributed by atoms with van der Waals surface area (Å²) in [6, 6.07) is 0. The van der Waals surface area contributed by atoms with E-state index in [4.69, 9.17) is 4.74 Å². The molecule has 3 N–H and O–H groups in total. The highest BCUT2D eigenvalue weighted by molar-refractivity contribution is 14.0. The number of amides is 1. The maximum Gasteiger partial charge on any atom is 0.241 e. The molecule has 0 aromatic heterocycles. The highest BCUT2D eigenvalue weighted by atomic mass is 127. The summed E-state index contributed by atoms with van der Waals surface area (Å²) < 4.78 is 5.50. The van der Waals surface area contributed by atoms with Crippen LogP contribution in [0.1, 0.15) is 41.0 Å². The van der Waals surface area contributed by atoms with Crippen LogP contribution in [0.15, 0.2) is 4.99 Å². The molecule has 132 valence electrons. The van der Waals surface area contributed by atoms with Crippen LogP contribution in [0.25, 0.3) is 0 Å². The molecule has 0 saturated heterocycles. The van der Waals surface area contributed by atoms with Crippen LogP contribution in [0.3, 0.4) is 0 Å². The molecule has 0 radical (unpaired) electrons. The van der Waals surface area contributed by atoms with Gasteiger partial charge >= 0.3 is 0 Å². The Hall–Kier alpha value is -0.570. The lowest BCUT2D eigenvalue weighted by molar-refractivity contribution is -0.119.